The van der Waals surface area contributed by atoms with Crippen LogP contribution in [0.3, 0.4) is 0 Å². The van der Waals surface area contributed by atoms with Gasteiger partial charge in [0, 0.05) is 13.6 Å². The molecule has 0 aliphatic heterocycles. The Morgan fingerprint density at radius 1 is 1.40 bits per heavy atom. The minimum absolute atomic E-state index is 0.0843. The van der Waals surface area contributed by atoms with E-state index in [0.29, 0.717) is 11.4 Å². The van der Waals surface area contributed by atoms with Gasteiger partial charge in [0.2, 0.25) is 5.43 Å². The van der Waals surface area contributed by atoms with E-state index in [2.05, 4.69) is 20.8 Å². The number of hydrogen-bond donors (Lipinski definition) is 1. The Morgan fingerprint density at radius 3 is 2.33 bits per heavy atom. The van der Waals surface area contributed by atoms with Crippen LogP contribution in [0.2, 0.25) is 0 Å². The number of hydrogen-bond acceptors (Lipinski definition) is 4. The fourth-order valence-corrected chi connectivity index (χ4v) is 1.58. The van der Waals surface area contributed by atoms with Gasteiger partial charge in [-0.2, -0.15) is 0 Å². The second-order valence-corrected chi connectivity index (χ2v) is 5.56. The first kappa shape index (κ1) is 12.2. The normalized spacial score (nSPS) is 12.0. The SMILES string of the molecule is CN(CCC(C)(C)C)c1c(N)c(=S)c1=O. The van der Waals surface area contributed by atoms with Gasteiger partial charge in [0.1, 0.15) is 10.2 Å². The third-order valence-electron chi connectivity index (χ3n) is 2.50. The van der Waals surface area contributed by atoms with E-state index in [0.717, 1.165) is 13.0 Å². The lowest BCUT2D eigenvalue weighted by Crippen LogP contribution is -2.31. The monoisotopic (exact) mass is 226 g/mol. The van der Waals surface area contributed by atoms with E-state index in [9.17, 15) is 4.79 Å². The largest absolute Gasteiger partial charge is 0.396 e. The number of rotatable bonds is 3. The predicted octanol–water partition coefficient (Wildman–Crippen LogP) is 2.11. The lowest BCUT2D eigenvalue weighted by atomic mass is 9.92. The molecule has 0 saturated heterocycles. The maximum atomic E-state index is 11.4. The Balaban J connectivity index is 2.68. The van der Waals surface area contributed by atoms with Gasteiger partial charge < -0.3 is 10.6 Å². The van der Waals surface area contributed by atoms with Gasteiger partial charge in [0.05, 0.1) is 5.69 Å². The molecular weight excluding hydrogens is 208 g/mol. The molecule has 1 rings (SSSR count). The number of anilines is 2. The van der Waals surface area contributed by atoms with Gasteiger partial charge in [0.15, 0.2) is 0 Å². The molecule has 1 aromatic rings. The third kappa shape index (κ3) is 2.56. The highest BCUT2D eigenvalue weighted by Crippen LogP contribution is 2.25. The van der Waals surface area contributed by atoms with Gasteiger partial charge in [-0.25, -0.2) is 0 Å². The molecule has 0 aliphatic carbocycles. The summed E-state index contributed by atoms with van der Waals surface area (Å²) in [4.78, 5) is 13.3. The predicted molar refractivity (Wildman–Crippen MR) is 67.7 cm³/mol. The van der Waals surface area contributed by atoms with Crippen molar-refractivity contribution in [3.8, 4) is 0 Å². The Bertz CT molecular complexity index is 424. The van der Waals surface area contributed by atoms with E-state index < -0.39 is 0 Å². The van der Waals surface area contributed by atoms with Crippen LogP contribution < -0.4 is 16.1 Å². The van der Waals surface area contributed by atoms with E-state index in [4.69, 9.17) is 18.0 Å². The molecule has 1 aromatic carbocycles. The van der Waals surface area contributed by atoms with Crippen LogP contribution in [0, 0.1) is 9.93 Å². The Morgan fingerprint density at radius 2 is 1.93 bits per heavy atom. The molecule has 0 fully saturated rings. The molecule has 0 aliphatic rings. The van der Waals surface area contributed by atoms with Crippen molar-refractivity contribution >= 4 is 23.6 Å². The maximum Gasteiger partial charge on any atom is 0.224 e. The van der Waals surface area contributed by atoms with Crippen molar-refractivity contribution in [2.75, 3.05) is 24.2 Å². The highest BCUT2D eigenvalue weighted by atomic mass is 32.1. The van der Waals surface area contributed by atoms with Crippen LogP contribution in [-0.2, 0) is 0 Å². The van der Waals surface area contributed by atoms with Gasteiger partial charge in [-0.1, -0.05) is 33.0 Å². The molecule has 0 bridgehead atoms. The van der Waals surface area contributed by atoms with Crippen molar-refractivity contribution in [1.82, 2.24) is 0 Å². The number of nitrogens with two attached hydrogens (primary N) is 1. The molecule has 84 valence electrons. The second-order valence-electron chi connectivity index (χ2n) is 5.15. The van der Waals surface area contributed by atoms with Crippen molar-refractivity contribution in [3.05, 3.63) is 14.7 Å². The van der Waals surface area contributed by atoms with Crippen molar-refractivity contribution in [2.45, 2.75) is 27.2 Å². The van der Waals surface area contributed by atoms with Crippen LogP contribution in [0.5, 0.6) is 0 Å². The molecule has 0 radical (unpaired) electrons. The first-order chi connectivity index (χ1) is 6.74. The number of nitrogen functional groups attached to an aromatic ring is 1. The summed E-state index contributed by atoms with van der Waals surface area (Å²) in [5.41, 5.74) is 6.91. The minimum atomic E-state index is -0.0843. The van der Waals surface area contributed by atoms with Crippen molar-refractivity contribution in [2.24, 2.45) is 5.41 Å². The highest BCUT2D eigenvalue weighted by molar-refractivity contribution is 7.71. The van der Waals surface area contributed by atoms with Crippen LogP contribution in [0.15, 0.2) is 4.79 Å². The number of nitrogens with zero attached hydrogens (tertiary/aromatic N) is 1. The smallest absolute Gasteiger partial charge is 0.224 e. The molecular formula is C11H18N2OS. The van der Waals surface area contributed by atoms with E-state index in [1.807, 2.05) is 11.9 Å². The quantitative estimate of drug-likeness (QED) is 0.802. The molecule has 0 unspecified atom stereocenters. The zero-order valence-corrected chi connectivity index (χ0v) is 10.6. The standard InChI is InChI=1S/C11H18N2OS/c1-11(2,3)5-6-13(4)8-7(12)10(15)9(8)14/h5-6,12H2,1-4H3. The van der Waals surface area contributed by atoms with Crippen LogP contribution >= 0.6 is 12.2 Å². The average Bonchev–Trinajstić information content (AvgIpc) is 2.13. The molecule has 0 atom stereocenters. The third-order valence-corrected chi connectivity index (χ3v) is 2.91. The van der Waals surface area contributed by atoms with Crippen LogP contribution in [0.4, 0.5) is 11.4 Å². The van der Waals surface area contributed by atoms with Gasteiger partial charge in [0.25, 0.3) is 0 Å². The lowest BCUT2D eigenvalue weighted by molar-refractivity contribution is 0.381. The average molecular weight is 226 g/mol. The van der Waals surface area contributed by atoms with E-state index in [-0.39, 0.29) is 15.4 Å². The Labute approximate surface area is 95.6 Å². The molecule has 0 amide bonds. The van der Waals surface area contributed by atoms with Crippen molar-refractivity contribution in [3.63, 3.8) is 0 Å². The highest BCUT2D eigenvalue weighted by Gasteiger charge is 2.20. The molecule has 0 aromatic heterocycles. The fraction of sp³-hybridized carbons (Fsp3) is 0.636. The van der Waals surface area contributed by atoms with Crippen molar-refractivity contribution < 1.29 is 0 Å². The van der Waals surface area contributed by atoms with E-state index in [1.165, 1.54) is 0 Å². The van der Waals surface area contributed by atoms with Crippen LogP contribution in [-0.4, -0.2) is 13.6 Å². The zero-order valence-electron chi connectivity index (χ0n) is 9.76. The summed E-state index contributed by atoms with van der Waals surface area (Å²) in [7, 11) is 1.88. The molecule has 3 nitrogen and oxygen atoms in total. The first-order valence-corrected chi connectivity index (χ1v) is 5.45. The second kappa shape index (κ2) is 3.93. The summed E-state index contributed by atoms with van der Waals surface area (Å²) < 4.78 is 0.285. The van der Waals surface area contributed by atoms with Gasteiger partial charge in [-0.15, -0.1) is 0 Å². The van der Waals surface area contributed by atoms with Crippen molar-refractivity contribution in [1.29, 1.82) is 0 Å². The zero-order chi connectivity index (χ0) is 11.8. The summed E-state index contributed by atoms with van der Waals surface area (Å²) in [6.45, 7) is 7.34. The molecule has 0 spiro atoms. The molecule has 15 heavy (non-hydrogen) atoms. The summed E-state index contributed by atoms with van der Waals surface area (Å²) in [6.07, 6.45) is 1.01. The topological polar surface area (TPSA) is 46.3 Å². The van der Waals surface area contributed by atoms with E-state index in [1.54, 1.807) is 0 Å². The summed E-state index contributed by atoms with van der Waals surface area (Å²) in [5.74, 6) is 0. The van der Waals surface area contributed by atoms with E-state index >= 15 is 0 Å². The van der Waals surface area contributed by atoms with Gasteiger partial charge in [-0.05, 0) is 11.8 Å². The summed E-state index contributed by atoms with van der Waals surface area (Å²) in [6, 6.07) is 0. The molecule has 4 heteroatoms. The maximum absolute atomic E-state index is 11.4. The van der Waals surface area contributed by atoms with Gasteiger partial charge in [-0.3, -0.25) is 4.79 Å². The Hall–Kier alpha value is -0.900. The summed E-state index contributed by atoms with van der Waals surface area (Å²) in [5, 5.41) is 0. The minimum Gasteiger partial charge on any atom is -0.396 e. The van der Waals surface area contributed by atoms with Gasteiger partial charge >= 0.3 is 0 Å². The lowest BCUT2D eigenvalue weighted by Gasteiger charge is -2.26. The molecule has 2 N–H and O–H groups in total. The first-order valence-electron chi connectivity index (χ1n) is 5.04. The van der Waals surface area contributed by atoms with Crippen LogP contribution in [0.25, 0.3) is 0 Å². The fourth-order valence-electron chi connectivity index (χ4n) is 1.39. The Kier molecular flexibility index (Phi) is 3.19. The summed E-state index contributed by atoms with van der Waals surface area (Å²) >= 11 is 4.82. The molecule has 0 heterocycles. The molecule has 0 saturated carbocycles. The van der Waals surface area contributed by atoms with Crippen LogP contribution in [0.1, 0.15) is 27.2 Å².